The maximum Gasteiger partial charge on any atom is 0.214 e. The third kappa shape index (κ3) is 3.10. The Morgan fingerprint density at radius 1 is 1.33 bits per heavy atom. The molecule has 1 aromatic rings. The third-order valence-electron chi connectivity index (χ3n) is 3.06. The van der Waals surface area contributed by atoms with Crippen LogP contribution in [-0.2, 0) is 14.8 Å². The first-order valence-electron chi connectivity index (χ1n) is 6.28. The first-order chi connectivity index (χ1) is 8.63. The van der Waals surface area contributed by atoms with Crippen LogP contribution in [0.2, 0.25) is 0 Å². The Hall–Kier alpha value is -0.910. The van der Waals surface area contributed by atoms with E-state index in [1.165, 1.54) is 0 Å². The van der Waals surface area contributed by atoms with Crippen LogP contribution in [0.3, 0.4) is 0 Å². The summed E-state index contributed by atoms with van der Waals surface area (Å²) in [4.78, 5) is 0. The van der Waals surface area contributed by atoms with E-state index in [9.17, 15) is 8.42 Å². The molecule has 5 heteroatoms. The Morgan fingerprint density at radius 2 is 2.06 bits per heavy atom. The van der Waals surface area contributed by atoms with Crippen LogP contribution in [-0.4, -0.2) is 38.2 Å². The summed E-state index contributed by atoms with van der Waals surface area (Å²) in [6.45, 7) is 3.23. The summed E-state index contributed by atoms with van der Waals surface area (Å²) in [7, 11) is -3.12. The van der Waals surface area contributed by atoms with Gasteiger partial charge in [-0.3, -0.25) is 0 Å². The second-order valence-corrected chi connectivity index (χ2v) is 6.53. The predicted octanol–water partition coefficient (Wildman–Crippen LogP) is 1.80. The minimum absolute atomic E-state index is 0.147. The summed E-state index contributed by atoms with van der Waals surface area (Å²) >= 11 is 0. The van der Waals surface area contributed by atoms with Crippen molar-refractivity contribution in [3.8, 4) is 0 Å². The van der Waals surface area contributed by atoms with Gasteiger partial charge in [0.15, 0.2) is 0 Å². The molecule has 0 N–H and O–H groups in total. The van der Waals surface area contributed by atoms with Gasteiger partial charge < -0.3 is 4.74 Å². The quantitative estimate of drug-likeness (QED) is 0.837. The molecular weight excluding hydrogens is 250 g/mol. The Labute approximate surface area is 109 Å². The lowest BCUT2D eigenvalue weighted by Gasteiger charge is -2.32. The first-order valence-corrected chi connectivity index (χ1v) is 7.89. The molecular formula is C13H19NO3S. The van der Waals surface area contributed by atoms with Gasteiger partial charge in [0.2, 0.25) is 10.0 Å². The van der Waals surface area contributed by atoms with E-state index in [0.717, 1.165) is 5.56 Å². The molecule has 0 unspecified atom stereocenters. The third-order valence-corrected chi connectivity index (χ3v) is 5.10. The molecule has 0 amide bonds. The number of benzene rings is 1. The van der Waals surface area contributed by atoms with Gasteiger partial charge in [0, 0.05) is 13.1 Å². The molecule has 18 heavy (non-hydrogen) atoms. The van der Waals surface area contributed by atoms with E-state index < -0.39 is 10.0 Å². The van der Waals surface area contributed by atoms with Crippen LogP contribution in [0, 0.1) is 0 Å². The average molecular weight is 269 g/mol. The van der Waals surface area contributed by atoms with Crippen LogP contribution in [0.25, 0.3) is 0 Å². The molecule has 1 atom stereocenters. The highest BCUT2D eigenvalue weighted by Crippen LogP contribution is 2.23. The van der Waals surface area contributed by atoms with Crippen molar-refractivity contribution < 1.29 is 13.2 Å². The Balaban J connectivity index is 2.10. The number of morpholine rings is 1. The molecule has 100 valence electrons. The minimum Gasteiger partial charge on any atom is -0.371 e. The first kappa shape index (κ1) is 13.5. The van der Waals surface area contributed by atoms with E-state index in [0.29, 0.717) is 26.1 Å². The van der Waals surface area contributed by atoms with Crippen LogP contribution in [0.15, 0.2) is 30.3 Å². The fourth-order valence-corrected chi connectivity index (χ4v) is 3.62. The van der Waals surface area contributed by atoms with Crippen molar-refractivity contribution in [3.63, 3.8) is 0 Å². The fraction of sp³-hybridized carbons (Fsp3) is 0.538. The molecule has 0 spiro atoms. The molecule has 0 radical (unpaired) electrons. The van der Waals surface area contributed by atoms with Crippen LogP contribution in [0.5, 0.6) is 0 Å². The number of hydrogen-bond donors (Lipinski definition) is 0. The van der Waals surface area contributed by atoms with Crippen LogP contribution >= 0.6 is 0 Å². The van der Waals surface area contributed by atoms with Crippen LogP contribution in [0.4, 0.5) is 0 Å². The summed E-state index contributed by atoms with van der Waals surface area (Å²) in [5, 5.41) is 0. The van der Waals surface area contributed by atoms with Crippen molar-refractivity contribution in [2.75, 3.05) is 25.4 Å². The molecule has 1 fully saturated rings. The Morgan fingerprint density at radius 3 is 2.72 bits per heavy atom. The number of hydrogen-bond acceptors (Lipinski definition) is 3. The molecule has 0 aromatic heterocycles. The standard InChI is InChI=1S/C13H19NO3S/c1-2-10-18(15,16)14-8-9-17-13(11-14)12-6-4-3-5-7-12/h3-7,13H,2,8-11H2,1H3/t13-/m0/s1. The van der Waals surface area contributed by atoms with E-state index in [2.05, 4.69) is 0 Å². The van der Waals surface area contributed by atoms with Crippen molar-refractivity contribution in [2.45, 2.75) is 19.4 Å². The predicted molar refractivity (Wildman–Crippen MR) is 70.8 cm³/mol. The molecule has 0 bridgehead atoms. The highest BCUT2D eigenvalue weighted by atomic mass is 32.2. The van der Waals surface area contributed by atoms with Gasteiger partial charge in [0.25, 0.3) is 0 Å². The smallest absolute Gasteiger partial charge is 0.214 e. The lowest BCUT2D eigenvalue weighted by molar-refractivity contribution is -0.00253. The van der Waals surface area contributed by atoms with E-state index in [-0.39, 0.29) is 11.9 Å². The zero-order valence-corrected chi connectivity index (χ0v) is 11.4. The zero-order chi connectivity index (χ0) is 13.0. The number of sulfonamides is 1. The second kappa shape index (κ2) is 5.82. The summed E-state index contributed by atoms with van der Waals surface area (Å²) < 4.78 is 31.3. The van der Waals surface area contributed by atoms with E-state index in [4.69, 9.17) is 4.74 Å². The number of ether oxygens (including phenoxy) is 1. The number of rotatable bonds is 4. The van der Waals surface area contributed by atoms with Gasteiger partial charge in [-0.05, 0) is 12.0 Å². The monoisotopic (exact) mass is 269 g/mol. The van der Waals surface area contributed by atoms with Crippen molar-refractivity contribution in [2.24, 2.45) is 0 Å². The van der Waals surface area contributed by atoms with E-state index >= 15 is 0 Å². The van der Waals surface area contributed by atoms with Gasteiger partial charge in [-0.1, -0.05) is 37.3 Å². The SMILES string of the molecule is CCCS(=O)(=O)N1CCO[C@H](c2ccccc2)C1. The van der Waals surface area contributed by atoms with Crippen molar-refractivity contribution in [1.29, 1.82) is 0 Å². The molecule has 4 nitrogen and oxygen atoms in total. The van der Waals surface area contributed by atoms with Gasteiger partial charge in [-0.2, -0.15) is 4.31 Å². The normalized spacial score (nSPS) is 21.9. The van der Waals surface area contributed by atoms with E-state index in [1.54, 1.807) is 4.31 Å². The van der Waals surface area contributed by atoms with Gasteiger partial charge in [0.05, 0.1) is 18.5 Å². The Kier molecular flexibility index (Phi) is 4.37. The van der Waals surface area contributed by atoms with Gasteiger partial charge >= 0.3 is 0 Å². The molecule has 0 aliphatic carbocycles. The Bertz CT molecular complexity index is 472. The molecule has 1 aliphatic rings. The minimum atomic E-state index is -3.12. The van der Waals surface area contributed by atoms with Gasteiger partial charge in [-0.15, -0.1) is 0 Å². The molecule has 1 aromatic carbocycles. The van der Waals surface area contributed by atoms with E-state index in [1.807, 2.05) is 37.3 Å². The average Bonchev–Trinajstić information content (AvgIpc) is 2.40. The topological polar surface area (TPSA) is 46.6 Å². The number of nitrogens with zero attached hydrogens (tertiary/aromatic N) is 1. The molecule has 0 saturated carbocycles. The second-order valence-electron chi connectivity index (χ2n) is 4.44. The van der Waals surface area contributed by atoms with Gasteiger partial charge in [-0.25, -0.2) is 8.42 Å². The largest absolute Gasteiger partial charge is 0.371 e. The zero-order valence-electron chi connectivity index (χ0n) is 10.6. The van der Waals surface area contributed by atoms with Crippen molar-refractivity contribution in [1.82, 2.24) is 4.31 Å². The lowest BCUT2D eigenvalue weighted by Crippen LogP contribution is -2.43. The van der Waals surface area contributed by atoms with Crippen molar-refractivity contribution >= 4 is 10.0 Å². The van der Waals surface area contributed by atoms with Crippen LogP contribution in [0.1, 0.15) is 25.0 Å². The summed E-state index contributed by atoms with van der Waals surface area (Å²) in [6, 6.07) is 9.77. The summed E-state index contributed by atoms with van der Waals surface area (Å²) in [5.74, 6) is 0.217. The van der Waals surface area contributed by atoms with Gasteiger partial charge in [0.1, 0.15) is 0 Å². The maximum absolute atomic E-state index is 12.0. The van der Waals surface area contributed by atoms with Crippen molar-refractivity contribution in [3.05, 3.63) is 35.9 Å². The molecule has 1 saturated heterocycles. The lowest BCUT2D eigenvalue weighted by atomic mass is 10.1. The maximum atomic E-state index is 12.0. The molecule has 1 aliphatic heterocycles. The molecule has 2 rings (SSSR count). The highest BCUT2D eigenvalue weighted by Gasteiger charge is 2.29. The highest BCUT2D eigenvalue weighted by molar-refractivity contribution is 7.89. The molecule has 1 heterocycles. The summed E-state index contributed by atoms with van der Waals surface area (Å²) in [6.07, 6.45) is 0.502. The fourth-order valence-electron chi connectivity index (χ4n) is 2.13. The van der Waals surface area contributed by atoms with Crippen LogP contribution < -0.4 is 0 Å². The summed E-state index contributed by atoms with van der Waals surface area (Å²) in [5.41, 5.74) is 1.04.